The molecule has 6 heteroatoms. The highest BCUT2D eigenvalue weighted by molar-refractivity contribution is 5.86. The van der Waals surface area contributed by atoms with Crippen LogP contribution in [-0.2, 0) is 13.0 Å². The second-order valence-electron chi connectivity index (χ2n) is 7.04. The second kappa shape index (κ2) is 7.76. The largest absolute Gasteiger partial charge is 0.361 e. The maximum atomic E-state index is 4.66. The molecule has 0 bridgehead atoms. The number of H-pyrrole nitrogens is 1. The van der Waals surface area contributed by atoms with Gasteiger partial charge in [-0.05, 0) is 49.6 Å². The first kappa shape index (κ1) is 18.1. The van der Waals surface area contributed by atoms with Crippen LogP contribution in [-0.4, -0.2) is 33.9 Å². The number of nitrogens with one attached hydrogen (secondary N) is 3. The highest BCUT2D eigenvalue weighted by atomic mass is 15.2. The molecular weight excluding hydrogens is 348 g/mol. The minimum absolute atomic E-state index is 0.632. The van der Waals surface area contributed by atoms with Crippen LogP contribution >= 0.6 is 0 Å². The zero-order chi connectivity index (χ0) is 19.5. The van der Waals surface area contributed by atoms with Crippen LogP contribution in [0.15, 0.2) is 53.8 Å². The normalized spacial score (nSPS) is 12.0. The number of hydrogen-bond donors (Lipinski definition) is 3. The van der Waals surface area contributed by atoms with Crippen molar-refractivity contribution >= 4 is 22.5 Å². The number of benzene rings is 1. The molecule has 0 saturated carbocycles. The predicted molar refractivity (Wildman–Crippen MR) is 115 cm³/mol. The van der Waals surface area contributed by atoms with E-state index in [-0.39, 0.29) is 0 Å². The van der Waals surface area contributed by atoms with E-state index < -0.39 is 0 Å². The summed E-state index contributed by atoms with van der Waals surface area (Å²) >= 11 is 0. The van der Waals surface area contributed by atoms with E-state index in [1.54, 1.807) is 7.05 Å². The average molecular weight is 374 g/mol. The second-order valence-corrected chi connectivity index (χ2v) is 7.04. The van der Waals surface area contributed by atoms with Gasteiger partial charge in [0.05, 0.1) is 12.2 Å². The molecule has 3 N–H and O–H groups in total. The van der Waals surface area contributed by atoms with Crippen molar-refractivity contribution in [2.75, 3.05) is 13.6 Å². The molecular formula is C22H26N6. The van der Waals surface area contributed by atoms with Crippen molar-refractivity contribution in [3.8, 4) is 0 Å². The summed E-state index contributed by atoms with van der Waals surface area (Å²) < 4.78 is 2.10. The topological polar surface area (TPSA) is 69.5 Å². The summed E-state index contributed by atoms with van der Waals surface area (Å²) in [6.07, 6.45) is 5.10. The molecule has 0 fully saturated rings. The number of guanidine groups is 1. The van der Waals surface area contributed by atoms with Gasteiger partial charge in [-0.15, -0.1) is 0 Å². The first-order chi connectivity index (χ1) is 13.7. The summed E-state index contributed by atoms with van der Waals surface area (Å²) in [5.74, 6) is 0.783. The Balaban J connectivity index is 1.35. The third-order valence-corrected chi connectivity index (χ3v) is 5.09. The van der Waals surface area contributed by atoms with Crippen molar-refractivity contribution in [2.45, 2.75) is 26.8 Å². The number of rotatable bonds is 5. The van der Waals surface area contributed by atoms with Crippen LogP contribution in [0.1, 0.15) is 22.5 Å². The van der Waals surface area contributed by atoms with Crippen LogP contribution in [0.2, 0.25) is 0 Å². The molecule has 0 unspecified atom stereocenters. The van der Waals surface area contributed by atoms with Crippen LogP contribution in [0.4, 0.5) is 0 Å². The van der Waals surface area contributed by atoms with E-state index in [1.165, 1.54) is 27.7 Å². The summed E-state index contributed by atoms with van der Waals surface area (Å²) in [5.41, 5.74) is 6.96. The molecule has 0 saturated heterocycles. The van der Waals surface area contributed by atoms with Gasteiger partial charge in [0.25, 0.3) is 0 Å². The highest BCUT2D eigenvalue weighted by Crippen LogP contribution is 2.22. The van der Waals surface area contributed by atoms with Gasteiger partial charge >= 0.3 is 0 Å². The number of hydrogen-bond acceptors (Lipinski definition) is 2. The Bertz CT molecular complexity index is 1130. The summed E-state index contributed by atoms with van der Waals surface area (Å²) in [6.45, 7) is 5.68. The van der Waals surface area contributed by atoms with Crippen LogP contribution < -0.4 is 10.6 Å². The number of imidazole rings is 1. The Morgan fingerprint density at radius 1 is 1.14 bits per heavy atom. The molecule has 144 valence electrons. The molecule has 4 rings (SSSR count). The van der Waals surface area contributed by atoms with Gasteiger partial charge in [-0.25, -0.2) is 4.98 Å². The number of pyridine rings is 1. The number of nitrogens with zero attached hydrogens (tertiary/aromatic N) is 3. The molecule has 6 nitrogen and oxygen atoms in total. The first-order valence-electron chi connectivity index (χ1n) is 9.59. The third kappa shape index (κ3) is 3.58. The summed E-state index contributed by atoms with van der Waals surface area (Å²) in [4.78, 5) is 12.3. The molecule has 3 aromatic heterocycles. The number of aryl methyl sites for hydroxylation is 2. The Morgan fingerprint density at radius 3 is 2.82 bits per heavy atom. The monoisotopic (exact) mass is 374 g/mol. The first-order valence-corrected chi connectivity index (χ1v) is 9.59. The fourth-order valence-electron chi connectivity index (χ4n) is 3.64. The Morgan fingerprint density at radius 2 is 2.00 bits per heavy atom. The third-order valence-electron chi connectivity index (χ3n) is 5.09. The van der Waals surface area contributed by atoms with Gasteiger partial charge in [-0.2, -0.15) is 0 Å². The Hall–Kier alpha value is -3.28. The van der Waals surface area contributed by atoms with Gasteiger partial charge in [0, 0.05) is 42.6 Å². The van der Waals surface area contributed by atoms with E-state index >= 15 is 0 Å². The van der Waals surface area contributed by atoms with Gasteiger partial charge < -0.3 is 20.0 Å². The summed E-state index contributed by atoms with van der Waals surface area (Å²) in [6, 6.07) is 12.5. The quantitative estimate of drug-likeness (QED) is 0.371. The van der Waals surface area contributed by atoms with Crippen molar-refractivity contribution in [3.63, 3.8) is 0 Å². The van der Waals surface area contributed by atoms with Crippen molar-refractivity contribution in [2.24, 2.45) is 4.99 Å². The van der Waals surface area contributed by atoms with Crippen LogP contribution in [0, 0.1) is 13.8 Å². The van der Waals surface area contributed by atoms with E-state index in [0.717, 1.165) is 30.3 Å². The molecule has 0 aliphatic carbocycles. The van der Waals surface area contributed by atoms with Gasteiger partial charge in [-0.3, -0.25) is 4.99 Å². The van der Waals surface area contributed by atoms with E-state index in [0.29, 0.717) is 6.54 Å². The van der Waals surface area contributed by atoms with E-state index in [1.807, 2.05) is 12.1 Å². The van der Waals surface area contributed by atoms with Crippen LogP contribution in [0.3, 0.4) is 0 Å². The predicted octanol–water partition coefficient (Wildman–Crippen LogP) is 3.34. The highest BCUT2D eigenvalue weighted by Gasteiger charge is 2.07. The molecule has 28 heavy (non-hydrogen) atoms. The fourth-order valence-corrected chi connectivity index (χ4v) is 3.64. The molecule has 0 aliphatic rings. The number of aromatic amines is 1. The molecule has 0 aliphatic heterocycles. The Kier molecular flexibility index (Phi) is 5.02. The van der Waals surface area contributed by atoms with Gasteiger partial charge in [-0.1, -0.05) is 18.2 Å². The van der Waals surface area contributed by atoms with E-state index in [2.05, 4.69) is 80.5 Å². The van der Waals surface area contributed by atoms with Crippen molar-refractivity contribution in [1.82, 2.24) is 25.0 Å². The average Bonchev–Trinajstić information content (AvgIpc) is 3.30. The minimum Gasteiger partial charge on any atom is -0.361 e. The zero-order valence-corrected chi connectivity index (χ0v) is 16.6. The summed E-state index contributed by atoms with van der Waals surface area (Å²) in [7, 11) is 1.79. The molecule has 4 aromatic rings. The molecule has 0 amide bonds. The lowest BCUT2D eigenvalue weighted by atomic mass is 10.1. The molecule has 3 heterocycles. The van der Waals surface area contributed by atoms with Crippen molar-refractivity contribution in [3.05, 3.63) is 71.3 Å². The standard InChI is InChI=1S/C22H26N6/c1-15-6-4-8-19-21(15)17(12-25-19)10-11-24-22(23-3)26-13-18-14-28-16(2)7-5-9-20(28)27-18/h4-9,12,14,25H,10-11,13H2,1-3H3,(H2,23,24,26). The lowest BCUT2D eigenvalue weighted by molar-refractivity contribution is 0.788. The van der Waals surface area contributed by atoms with Crippen LogP contribution in [0.25, 0.3) is 16.6 Å². The molecule has 0 spiro atoms. The zero-order valence-electron chi connectivity index (χ0n) is 16.6. The lowest BCUT2D eigenvalue weighted by Gasteiger charge is -2.11. The number of aliphatic imine (C=N–C) groups is 1. The molecule has 0 atom stereocenters. The molecule has 0 radical (unpaired) electrons. The van der Waals surface area contributed by atoms with E-state index in [9.17, 15) is 0 Å². The van der Waals surface area contributed by atoms with Crippen LogP contribution in [0.5, 0.6) is 0 Å². The smallest absolute Gasteiger partial charge is 0.191 e. The summed E-state index contributed by atoms with van der Waals surface area (Å²) in [5, 5.41) is 8.07. The fraction of sp³-hybridized carbons (Fsp3) is 0.273. The number of fused-ring (bicyclic) bond motifs is 2. The lowest BCUT2D eigenvalue weighted by Crippen LogP contribution is -2.37. The molecule has 1 aromatic carbocycles. The number of aromatic nitrogens is 3. The van der Waals surface area contributed by atoms with Gasteiger partial charge in [0.1, 0.15) is 5.65 Å². The maximum Gasteiger partial charge on any atom is 0.191 e. The van der Waals surface area contributed by atoms with Gasteiger partial charge in [0.15, 0.2) is 5.96 Å². The van der Waals surface area contributed by atoms with Crippen molar-refractivity contribution < 1.29 is 0 Å². The SMILES string of the molecule is CN=C(NCCc1c[nH]c2cccc(C)c12)NCc1cn2c(C)cccc2n1. The maximum absolute atomic E-state index is 4.66. The van der Waals surface area contributed by atoms with Gasteiger partial charge in [0.2, 0.25) is 0 Å². The Labute approximate surface area is 164 Å². The van der Waals surface area contributed by atoms with E-state index in [4.69, 9.17) is 0 Å². The van der Waals surface area contributed by atoms with Crippen molar-refractivity contribution in [1.29, 1.82) is 0 Å². The minimum atomic E-state index is 0.632.